The fourth-order valence-electron chi connectivity index (χ4n) is 2.20. The maximum absolute atomic E-state index is 9.08. The number of nitrogens with zero attached hydrogens (tertiary/aromatic N) is 3. The molecule has 1 aromatic heterocycles. The van der Waals surface area contributed by atoms with Gasteiger partial charge in [0.15, 0.2) is 0 Å². The average molecular weight is 321 g/mol. The summed E-state index contributed by atoms with van der Waals surface area (Å²) in [5, 5.41) is 22.0. The zero-order valence-electron chi connectivity index (χ0n) is 13.3. The number of rotatable bonds is 10. The Morgan fingerprint density at radius 2 is 1.91 bits per heavy atom. The molecule has 0 aliphatic heterocycles. The molecule has 0 amide bonds. The van der Waals surface area contributed by atoms with Gasteiger partial charge in [0.25, 0.3) is 0 Å². The maximum Gasteiger partial charge on any atom is 0.241 e. The van der Waals surface area contributed by atoms with Crippen molar-refractivity contribution in [3.05, 3.63) is 30.2 Å². The summed E-state index contributed by atoms with van der Waals surface area (Å²) in [7, 11) is 0. The van der Waals surface area contributed by atoms with E-state index in [2.05, 4.69) is 10.1 Å². The summed E-state index contributed by atoms with van der Waals surface area (Å²) in [4.78, 5) is 6.35. The second-order valence-corrected chi connectivity index (χ2v) is 5.05. The van der Waals surface area contributed by atoms with E-state index < -0.39 is 0 Å². The molecule has 0 fully saturated rings. The minimum atomic E-state index is 0.0469. The fourth-order valence-corrected chi connectivity index (χ4v) is 2.20. The van der Waals surface area contributed by atoms with Gasteiger partial charge in [0, 0.05) is 25.3 Å². The van der Waals surface area contributed by atoms with Gasteiger partial charge in [-0.3, -0.25) is 4.90 Å². The van der Waals surface area contributed by atoms with Crippen LogP contribution in [0.2, 0.25) is 0 Å². The van der Waals surface area contributed by atoms with Crippen LogP contribution in [0.3, 0.4) is 0 Å². The molecule has 0 saturated heterocycles. The first-order valence-corrected chi connectivity index (χ1v) is 7.76. The van der Waals surface area contributed by atoms with E-state index in [9.17, 15) is 0 Å². The minimum Gasteiger partial charge on any atom is -0.494 e. The van der Waals surface area contributed by atoms with Crippen molar-refractivity contribution in [2.24, 2.45) is 0 Å². The van der Waals surface area contributed by atoms with Crippen molar-refractivity contribution >= 4 is 0 Å². The Bertz CT molecular complexity index is 571. The molecule has 7 nitrogen and oxygen atoms in total. The Labute approximate surface area is 135 Å². The minimum absolute atomic E-state index is 0.0469. The predicted octanol–water partition coefficient (Wildman–Crippen LogP) is 1.31. The van der Waals surface area contributed by atoms with Crippen molar-refractivity contribution in [2.45, 2.75) is 19.9 Å². The van der Waals surface area contributed by atoms with Crippen molar-refractivity contribution < 1.29 is 19.5 Å². The zero-order valence-corrected chi connectivity index (χ0v) is 13.3. The van der Waals surface area contributed by atoms with Crippen LogP contribution in [0, 0.1) is 0 Å². The van der Waals surface area contributed by atoms with Crippen LogP contribution >= 0.6 is 0 Å². The van der Waals surface area contributed by atoms with Gasteiger partial charge in [0.1, 0.15) is 5.75 Å². The lowest BCUT2D eigenvalue weighted by Gasteiger charge is -2.18. The number of aliphatic hydroxyl groups is 2. The first kappa shape index (κ1) is 17.4. The van der Waals surface area contributed by atoms with Gasteiger partial charge in [-0.15, -0.1) is 0 Å². The van der Waals surface area contributed by atoms with Gasteiger partial charge >= 0.3 is 0 Å². The average Bonchev–Trinajstić information content (AvgIpc) is 3.02. The standard InChI is InChI=1S/C16H23N3O4/c1-2-22-14-6-4-13(5-7-14)16-17-15(23-18-16)12-19(9-11-21)8-3-10-20/h4-7,20-21H,2-3,8-12H2,1H3. The van der Waals surface area contributed by atoms with E-state index in [0.717, 1.165) is 11.3 Å². The molecule has 23 heavy (non-hydrogen) atoms. The highest BCUT2D eigenvalue weighted by Gasteiger charge is 2.13. The smallest absolute Gasteiger partial charge is 0.241 e. The van der Waals surface area contributed by atoms with Crippen LogP contribution in [0.4, 0.5) is 0 Å². The van der Waals surface area contributed by atoms with E-state index in [-0.39, 0.29) is 13.2 Å². The molecule has 0 atom stereocenters. The molecule has 7 heteroatoms. The Balaban J connectivity index is 2.01. The highest BCUT2D eigenvalue weighted by molar-refractivity contribution is 5.55. The number of ether oxygens (including phenoxy) is 1. The van der Waals surface area contributed by atoms with Crippen molar-refractivity contribution in [3.63, 3.8) is 0 Å². The third-order valence-electron chi connectivity index (χ3n) is 3.30. The number of aliphatic hydroxyl groups excluding tert-OH is 2. The van der Waals surface area contributed by atoms with Crippen LogP contribution in [0.1, 0.15) is 19.2 Å². The lowest BCUT2D eigenvalue weighted by molar-refractivity contribution is 0.160. The third-order valence-corrected chi connectivity index (χ3v) is 3.30. The summed E-state index contributed by atoms with van der Waals surface area (Å²) in [6.45, 7) is 4.34. The number of benzene rings is 1. The molecule has 2 rings (SSSR count). The molecule has 126 valence electrons. The molecular weight excluding hydrogens is 298 g/mol. The van der Waals surface area contributed by atoms with Crippen molar-refractivity contribution in [2.75, 3.05) is 32.9 Å². The molecule has 0 unspecified atom stereocenters. The maximum atomic E-state index is 9.08. The molecule has 0 aliphatic carbocycles. The molecule has 1 aromatic carbocycles. The van der Waals surface area contributed by atoms with Gasteiger partial charge in [-0.25, -0.2) is 0 Å². The van der Waals surface area contributed by atoms with Crippen LogP contribution < -0.4 is 4.74 Å². The van der Waals surface area contributed by atoms with Crippen LogP contribution in [0.5, 0.6) is 5.75 Å². The molecule has 0 bridgehead atoms. The van der Waals surface area contributed by atoms with E-state index in [0.29, 0.717) is 44.4 Å². The van der Waals surface area contributed by atoms with Gasteiger partial charge in [-0.05, 0) is 37.6 Å². The largest absolute Gasteiger partial charge is 0.494 e. The lowest BCUT2D eigenvalue weighted by Crippen LogP contribution is -2.28. The Kier molecular flexibility index (Phi) is 6.99. The van der Waals surface area contributed by atoms with Crippen molar-refractivity contribution in [1.29, 1.82) is 0 Å². The van der Waals surface area contributed by atoms with E-state index in [1.54, 1.807) is 0 Å². The summed E-state index contributed by atoms with van der Waals surface area (Å²) in [5.41, 5.74) is 0.854. The quantitative estimate of drug-likeness (QED) is 0.681. The molecular formula is C16H23N3O4. The van der Waals surface area contributed by atoms with Gasteiger partial charge in [0.05, 0.1) is 19.8 Å². The lowest BCUT2D eigenvalue weighted by atomic mass is 10.2. The summed E-state index contributed by atoms with van der Waals surface area (Å²) in [6, 6.07) is 7.51. The highest BCUT2D eigenvalue weighted by Crippen LogP contribution is 2.20. The Morgan fingerprint density at radius 3 is 2.57 bits per heavy atom. The van der Waals surface area contributed by atoms with E-state index in [1.807, 2.05) is 36.1 Å². The van der Waals surface area contributed by atoms with E-state index in [1.165, 1.54) is 0 Å². The predicted molar refractivity (Wildman–Crippen MR) is 85.0 cm³/mol. The van der Waals surface area contributed by atoms with Gasteiger partial charge in [-0.2, -0.15) is 4.98 Å². The van der Waals surface area contributed by atoms with Crippen LogP contribution in [0.15, 0.2) is 28.8 Å². The second-order valence-electron chi connectivity index (χ2n) is 5.05. The Morgan fingerprint density at radius 1 is 1.13 bits per heavy atom. The first-order chi connectivity index (χ1) is 11.3. The molecule has 1 heterocycles. The molecule has 0 aliphatic rings. The zero-order chi connectivity index (χ0) is 16.5. The fraction of sp³-hybridized carbons (Fsp3) is 0.500. The van der Waals surface area contributed by atoms with Crippen LogP contribution in [-0.4, -0.2) is 58.2 Å². The number of hydrogen-bond acceptors (Lipinski definition) is 7. The molecule has 0 saturated carbocycles. The second kappa shape index (κ2) is 9.24. The van der Waals surface area contributed by atoms with Gasteiger partial charge in [0.2, 0.25) is 11.7 Å². The number of aromatic nitrogens is 2. The highest BCUT2D eigenvalue weighted by atomic mass is 16.5. The topological polar surface area (TPSA) is 91.9 Å². The Hall–Kier alpha value is -1.96. The molecule has 2 N–H and O–H groups in total. The molecule has 0 spiro atoms. The summed E-state index contributed by atoms with van der Waals surface area (Å²) < 4.78 is 10.7. The summed E-state index contributed by atoms with van der Waals surface area (Å²) >= 11 is 0. The van der Waals surface area contributed by atoms with Gasteiger partial charge < -0.3 is 19.5 Å². The van der Waals surface area contributed by atoms with Crippen molar-refractivity contribution in [1.82, 2.24) is 15.0 Å². The first-order valence-electron chi connectivity index (χ1n) is 7.76. The normalized spacial score (nSPS) is 11.1. The molecule has 0 radical (unpaired) electrons. The summed E-state index contributed by atoms with van der Waals surface area (Å²) in [5.74, 6) is 1.81. The SMILES string of the molecule is CCOc1ccc(-c2noc(CN(CCO)CCCO)n2)cc1. The van der Waals surface area contributed by atoms with Crippen LogP contribution in [-0.2, 0) is 6.54 Å². The van der Waals surface area contributed by atoms with E-state index in [4.69, 9.17) is 19.5 Å². The van der Waals surface area contributed by atoms with E-state index >= 15 is 0 Å². The monoisotopic (exact) mass is 321 g/mol. The van der Waals surface area contributed by atoms with Gasteiger partial charge in [-0.1, -0.05) is 5.16 Å². The van der Waals surface area contributed by atoms with Crippen LogP contribution in [0.25, 0.3) is 11.4 Å². The molecule has 2 aromatic rings. The summed E-state index contributed by atoms with van der Waals surface area (Å²) in [6.07, 6.45) is 0.639. The van der Waals surface area contributed by atoms with Crippen molar-refractivity contribution in [3.8, 4) is 17.1 Å². The third kappa shape index (κ3) is 5.31. The number of hydrogen-bond donors (Lipinski definition) is 2.